The minimum Gasteiger partial charge on any atom is -0.486 e. The van der Waals surface area contributed by atoms with Crippen LogP contribution in [0.4, 0.5) is 0 Å². The van der Waals surface area contributed by atoms with Gasteiger partial charge in [0.1, 0.15) is 19.8 Å². The first kappa shape index (κ1) is 17.4. The van der Waals surface area contributed by atoms with E-state index in [9.17, 15) is 4.79 Å². The van der Waals surface area contributed by atoms with Gasteiger partial charge in [-0.15, -0.1) is 12.4 Å². The molecule has 0 spiro atoms. The predicted octanol–water partition coefficient (Wildman–Crippen LogP) is 2.65. The Hall–Kier alpha value is -1.92. The van der Waals surface area contributed by atoms with Gasteiger partial charge in [-0.1, -0.05) is 0 Å². The molecule has 3 rings (SSSR count). The third kappa shape index (κ3) is 3.38. The van der Waals surface area contributed by atoms with E-state index in [0.29, 0.717) is 43.4 Å². The number of likely N-dealkylation sites (N-methyl/N-ethyl adjacent to an activating group) is 1. The summed E-state index contributed by atoms with van der Waals surface area (Å²) in [7, 11) is 3.84. The molecule has 1 aromatic heterocycles. The summed E-state index contributed by atoms with van der Waals surface area (Å²) in [4.78, 5) is 14.1. The molecule has 0 bridgehead atoms. The van der Waals surface area contributed by atoms with E-state index >= 15 is 0 Å². The smallest absolute Gasteiger partial charge is 0.374 e. The summed E-state index contributed by atoms with van der Waals surface area (Å²) < 4.78 is 22.1. The number of benzene rings is 1. The van der Waals surface area contributed by atoms with Gasteiger partial charge in [0, 0.05) is 17.5 Å². The first-order valence-corrected chi connectivity index (χ1v) is 7.21. The van der Waals surface area contributed by atoms with Gasteiger partial charge in [0.05, 0.1) is 0 Å². The van der Waals surface area contributed by atoms with Crippen molar-refractivity contribution in [1.29, 1.82) is 0 Å². The molecule has 0 aliphatic carbocycles. The van der Waals surface area contributed by atoms with Crippen LogP contribution in [0.1, 0.15) is 16.1 Å². The second kappa shape index (κ2) is 7.10. The van der Waals surface area contributed by atoms with E-state index in [4.69, 9.17) is 18.6 Å². The number of ether oxygens (including phenoxy) is 3. The van der Waals surface area contributed by atoms with Crippen molar-refractivity contribution in [3.8, 4) is 11.5 Å². The number of hydrogen-bond donors (Lipinski definition) is 0. The first-order chi connectivity index (χ1) is 10.6. The van der Waals surface area contributed by atoms with Crippen molar-refractivity contribution >= 4 is 29.3 Å². The fourth-order valence-electron chi connectivity index (χ4n) is 2.37. The molecule has 0 N–H and O–H groups in total. The average molecular weight is 342 g/mol. The number of carbonyl (C=O) groups is 1. The molecule has 0 saturated heterocycles. The lowest BCUT2D eigenvalue weighted by molar-refractivity contribution is 0.0447. The van der Waals surface area contributed by atoms with Gasteiger partial charge in [-0.25, -0.2) is 4.79 Å². The third-order valence-corrected chi connectivity index (χ3v) is 3.57. The predicted molar refractivity (Wildman–Crippen MR) is 88.0 cm³/mol. The highest BCUT2D eigenvalue weighted by Crippen LogP contribution is 2.40. The van der Waals surface area contributed by atoms with Crippen molar-refractivity contribution in [1.82, 2.24) is 4.90 Å². The summed E-state index contributed by atoms with van der Waals surface area (Å²) in [5, 5.41) is 0.837. The van der Waals surface area contributed by atoms with Crippen LogP contribution in [0.25, 0.3) is 11.0 Å². The molecule has 0 saturated carbocycles. The lowest BCUT2D eigenvalue weighted by Gasteiger charge is -2.17. The Morgan fingerprint density at radius 1 is 1.26 bits per heavy atom. The fraction of sp³-hybridized carbons (Fsp3) is 0.438. The maximum Gasteiger partial charge on any atom is 0.374 e. The maximum absolute atomic E-state index is 12.2. The van der Waals surface area contributed by atoms with Crippen LogP contribution in [-0.4, -0.2) is 51.3 Å². The van der Waals surface area contributed by atoms with E-state index in [2.05, 4.69) is 0 Å². The van der Waals surface area contributed by atoms with Gasteiger partial charge in [-0.3, -0.25) is 0 Å². The third-order valence-electron chi connectivity index (χ3n) is 3.57. The van der Waals surface area contributed by atoms with Gasteiger partial charge in [0.25, 0.3) is 0 Å². The highest BCUT2D eigenvalue weighted by atomic mass is 35.5. The number of hydrogen-bond acceptors (Lipinski definition) is 6. The molecule has 0 radical (unpaired) electrons. The van der Waals surface area contributed by atoms with E-state index in [0.717, 1.165) is 10.9 Å². The molecule has 0 atom stereocenters. The van der Waals surface area contributed by atoms with Crippen molar-refractivity contribution in [2.45, 2.75) is 6.92 Å². The van der Waals surface area contributed by atoms with Crippen molar-refractivity contribution in [2.75, 3.05) is 40.5 Å². The topological polar surface area (TPSA) is 61.1 Å². The average Bonchev–Trinajstić information content (AvgIpc) is 2.84. The number of nitrogens with zero attached hydrogens (tertiary/aromatic N) is 1. The Kier molecular flexibility index (Phi) is 5.38. The van der Waals surface area contributed by atoms with Gasteiger partial charge in [0.2, 0.25) is 11.5 Å². The zero-order valence-corrected chi connectivity index (χ0v) is 14.2. The summed E-state index contributed by atoms with van der Waals surface area (Å²) in [6, 6.07) is 3.71. The molecule has 1 aliphatic rings. The van der Waals surface area contributed by atoms with Crippen LogP contribution in [0.2, 0.25) is 0 Å². The van der Waals surface area contributed by atoms with Gasteiger partial charge < -0.3 is 23.5 Å². The van der Waals surface area contributed by atoms with Crippen LogP contribution in [0.5, 0.6) is 11.5 Å². The van der Waals surface area contributed by atoms with Crippen LogP contribution < -0.4 is 9.47 Å². The van der Waals surface area contributed by atoms with Crippen LogP contribution in [0, 0.1) is 6.92 Å². The number of aryl methyl sites for hydroxylation is 1. The number of furan rings is 1. The number of rotatable bonds is 4. The van der Waals surface area contributed by atoms with E-state index in [1.807, 2.05) is 38.1 Å². The number of fused-ring (bicyclic) bond motifs is 3. The van der Waals surface area contributed by atoms with Crippen molar-refractivity contribution < 1.29 is 23.4 Å². The Labute approximate surface area is 140 Å². The summed E-state index contributed by atoms with van der Waals surface area (Å²) >= 11 is 0. The molecule has 0 fully saturated rings. The van der Waals surface area contributed by atoms with Crippen LogP contribution in [0.15, 0.2) is 16.5 Å². The molecule has 6 nitrogen and oxygen atoms in total. The Morgan fingerprint density at radius 3 is 2.74 bits per heavy atom. The van der Waals surface area contributed by atoms with Gasteiger partial charge in [-0.05, 0) is 33.2 Å². The standard InChI is InChI=1S/C16H19NO5.ClH/c1-10-11-4-5-12-15(20-9-8-19-12)14(11)22-13(10)16(18)21-7-6-17(2)3;/h4-5H,6-9H2,1-3H3;1H. The normalized spacial score (nSPS) is 13.0. The molecule has 7 heteroatoms. The highest BCUT2D eigenvalue weighted by molar-refractivity contribution is 5.98. The van der Waals surface area contributed by atoms with Gasteiger partial charge >= 0.3 is 5.97 Å². The maximum atomic E-state index is 12.2. The largest absolute Gasteiger partial charge is 0.486 e. The molecule has 1 aliphatic heterocycles. The van der Waals surface area contributed by atoms with Crippen LogP contribution in [-0.2, 0) is 4.74 Å². The minimum absolute atomic E-state index is 0. The number of carbonyl (C=O) groups excluding carboxylic acids is 1. The Bertz CT molecular complexity index is 710. The zero-order chi connectivity index (χ0) is 15.7. The summed E-state index contributed by atoms with van der Waals surface area (Å²) in [6.45, 7) is 3.80. The van der Waals surface area contributed by atoms with Crippen molar-refractivity contribution in [2.24, 2.45) is 0 Å². The number of halogens is 1. The second-order valence-corrected chi connectivity index (χ2v) is 5.46. The SMILES string of the molecule is Cc1c(C(=O)OCCN(C)C)oc2c3c(ccc12)OCCO3.Cl. The summed E-state index contributed by atoms with van der Waals surface area (Å²) in [5.41, 5.74) is 1.29. The molecular weight excluding hydrogens is 322 g/mol. The molecule has 0 amide bonds. The number of esters is 1. The Morgan fingerprint density at radius 2 is 2.00 bits per heavy atom. The van der Waals surface area contributed by atoms with E-state index < -0.39 is 5.97 Å². The molecular formula is C16H20ClNO5. The lowest BCUT2D eigenvalue weighted by atomic mass is 10.1. The van der Waals surface area contributed by atoms with Gasteiger partial charge in [0.15, 0.2) is 11.3 Å². The summed E-state index contributed by atoms with van der Waals surface area (Å²) in [5.74, 6) is 0.955. The highest BCUT2D eigenvalue weighted by Gasteiger charge is 2.24. The zero-order valence-electron chi connectivity index (χ0n) is 13.4. The van der Waals surface area contributed by atoms with Crippen LogP contribution >= 0.6 is 12.4 Å². The second-order valence-electron chi connectivity index (χ2n) is 5.46. The minimum atomic E-state index is -0.457. The quantitative estimate of drug-likeness (QED) is 0.797. The van der Waals surface area contributed by atoms with Crippen LogP contribution in [0.3, 0.4) is 0 Å². The first-order valence-electron chi connectivity index (χ1n) is 7.21. The molecule has 126 valence electrons. The lowest BCUT2D eigenvalue weighted by Crippen LogP contribution is -2.20. The van der Waals surface area contributed by atoms with Gasteiger partial charge in [-0.2, -0.15) is 0 Å². The molecule has 0 unspecified atom stereocenters. The van der Waals surface area contributed by atoms with E-state index in [1.54, 1.807) is 0 Å². The van der Waals surface area contributed by atoms with Crippen molar-refractivity contribution in [3.05, 3.63) is 23.5 Å². The molecule has 23 heavy (non-hydrogen) atoms. The fourth-order valence-corrected chi connectivity index (χ4v) is 2.37. The molecule has 2 aromatic rings. The monoisotopic (exact) mass is 341 g/mol. The van der Waals surface area contributed by atoms with E-state index in [-0.39, 0.29) is 18.2 Å². The molecule has 1 aromatic carbocycles. The summed E-state index contributed by atoms with van der Waals surface area (Å²) in [6.07, 6.45) is 0. The Balaban J connectivity index is 0.00000192. The van der Waals surface area contributed by atoms with Crippen molar-refractivity contribution in [3.63, 3.8) is 0 Å². The molecule has 2 heterocycles. The van der Waals surface area contributed by atoms with E-state index in [1.165, 1.54) is 0 Å².